The molecule has 0 N–H and O–H groups in total. The Morgan fingerprint density at radius 3 is 2.42 bits per heavy atom. The van der Waals surface area contributed by atoms with E-state index in [0.717, 1.165) is 38.5 Å². The van der Waals surface area contributed by atoms with E-state index in [-0.39, 0.29) is 17.9 Å². The van der Waals surface area contributed by atoms with E-state index < -0.39 is 10.0 Å². The summed E-state index contributed by atoms with van der Waals surface area (Å²) in [6, 6.07) is 0.123. The summed E-state index contributed by atoms with van der Waals surface area (Å²) >= 11 is 0. The van der Waals surface area contributed by atoms with E-state index in [1.54, 1.807) is 18.5 Å². The van der Waals surface area contributed by atoms with Gasteiger partial charge in [-0.25, -0.2) is 12.7 Å². The molecular formula is C13H25NO4S. The first-order valence-corrected chi connectivity index (χ1v) is 8.74. The van der Waals surface area contributed by atoms with Crippen molar-refractivity contribution in [3.8, 4) is 0 Å². The summed E-state index contributed by atoms with van der Waals surface area (Å²) in [6.07, 6.45) is 5.70. The molecule has 112 valence electrons. The first kappa shape index (κ1) is 15.2. The van der Waals surface area contributed by atoms with Crippen molar-refractivity contribution in [1.29, 1.82) is 0 Å². The minimum atomic E-state index is -3.20. The first-order valence-electron chi connectivity index (χ1n) is 7.13. The fourth-order valence-electron chi connectivity index (χ4n) is 3.00. The molecule has 1 aliphatic carbocycles. The van der Waals surface area contributed by atoms with Gasteiger partial charge < -0.3 is 9.47 Å². The van der Waals surface area contributed by atoms with E-state index in [4.69, 9.17) is 9.47 Å². The normalized spacial score (nSPS) is 32.9. The van der Waals surface area contributed by atoms with Gasteiger partial charge in [0.25, 0.3) is 0 Å². The summed E-state index contributed by atoms with van der Waals surface area (Å²) in [5.74, 6) is 0.133. The quantitative estimate of drug-likeness (QED) is 0.768. The number of rotatable bonds is 5. The average molecular weight is 291 g/mol. The fraction of sp³-hybridized carbons (Fsp3) is 1.00. The predicted molar refractivity (Wildman–Crippen MR) is 73.6 cm³/mol. The second kappa shape index (κ2) is 6.52. The topological polar surface area (TPSA) is 55.8 Å². The van der Waals surface area contributed by atoms with Crippen LogP contribution in [0.2, 0.25) is 0 Å². The molecule has 1 heterocycles. The highest BCUT2D eigenvalue weighted by Crippen LogP contribution is 2.26. The zero-order chi connectivity index (χ0) is 13.9. The Labute approximate surface area is 116 Å². The van der Waals surface area contributed by atoms with Crippen molar-refractivity contribution in [2.75, 3.05) is 26.5 Å². The molecule has 1 aliphatic heterocycles. The highest BCUT2D eigenvalue weighted by atomic mass is 32.2. The van der Waals surface area contributed by atoms with Crippen molar-refractivity contribution in [2.45, 2.75) is 56.8 Å². The Morgan fingerprint density at radius 1 is 1.21 bits per heavy atom. The number of nitrogens with zero attached hydrogens (tertiary/aromatic N) is 1. The van der Waals surface area contributed by atoms with Crippen LogP contribution < -0.4 is 0 Å². The third kappa shape index (κ3) is 3.90. The van der Waals surface area contributed by atoms with E-state index in [1.165, 1.54) is 0 Å². The molecule has 5 nitrogen and oxygen atoms in total. The van der Waals surface area contributed by atoms with Gasteiger partial charge in [0.1, 0.15) is 0 Å². The molecule has 6 heteroatoms. The summed E-state index contributed by atoms with van der Waals surface area (Å²) in [6.45, 7) is 0.697. The Hall–Kier alpha value is -0.170. The van der Waals surface area contributed by atoms with Crippen LogP contribution in [0.4, 0.5) is 0 Å². The predicted octanol–water partition coefficient (Wildman–Crippen LogP) is 1.38. The number of methoxy groups -OCH3 is 1. The van der Waals surface area contributed by atoms with Crippen LogP contribution in [0.25, 0.3) is 0 Å². The van der Waals surface area contributed by atoms with Crippen molar-refractivity contribution >= 4 is 10.0 Å². The van der Waals surface area contributed by atoms with Crippen molar-refractivity contribution in [3.05, 3.63) is 0 Å². The van der Waals surface area contributed by atoms with Crippen LogP contribution in [0, 0.1) is 0 Å². The van der Waals surface area contributed by atoms with Crippen LogP contribution in [0.5, 0.6) is 0 Å². The minimum Gasteiger partial charge on any atom is -0.381 e. The molecule has 0 bridgehead atoms. The number of ether oxygens (including phenoxy) is 2. The van der Waals surface area contributed by atoms with Gasteiger partial charge in [0.15, 0.2) is 0 Å². The maximum atomic E-state index is 12.4. The molecule has 1 unspecified atom stereocenters. The van der Waals surface area contributed by atoms with Crippen molar-refractivity contribution < 1.29 is 17.9 Å². The van der Waals surface area contributed by atoms with Crippen LogP contribution in [-0.2, 0) is 19.5 Å². The van der Waals surface area contributed by atoms with E-state index in [2.05, 4.69) is 0 Å². The second-order valence-corrected chi connectivity index (χ2v) is 7.67. The Morgan fingerprint density at radius 2 is 1.89 bits per heavy atom. The van der Waals surface area contributed by atoms with Gasteiger partial charge >= 0.3 is 0 Å². The Balaban J connectivity index is 1.88. The van der Waals surface area contributed by atoms with Crippen molar-refractivity contribution in [3.63, 3.8) is 0 Å². The van der Waals surface area contributed by atoms with Crippen LogP contribution in [0.3, 0.4) is 0 Å². The number of sulfonamides is 1. The first-order chi connectivity index (χ1) is 9.03. The Bertz CT molecular complexity index is 370. The van der Waals surface area contributed by atoms with Crippen LogP contribution in [-0.4, -0.2) is 57.5 Å². The van der Waals surface area contributed by atoms with Crippen LogP contribution >= 0.6 is 0 Å². The van der Waals surface area contributed by atoms with Crippen molar-refractivity contribution in [2.24, 2.45) is 0 Å². The van der Waals surface area contributed by atoms with Gasteiger partial charge in [0.05, 0.1) is 18.0 Å². The summed E-state index contributed by atoms with van der Waals surface area (Å²) in [5.41, 5.74) is 0. The van der Waals surface area contributed by atoms with Gasteiger partial charge in [-0.1, -0.05) is 0 Å². The fourth-order valence-corrected chi connectivity index (χ4v) is 4.63. The maximum absolute atomic E-state index is 12.4. The SMILES string of the molecule is COC1CCC(N(C)S(=O)(=O)CC2CCCO2)CC1. The van der Waals surface area contributed by atoms with E-state index in [0.29, 0.717) is 12.7 Å². The molecule has 1 saturated carbocycles. The number of hydrogen-bond acceptors (Lipinski definition) is 4. The molecule has 0 aromatic heterocycles. The molecule has 0 aromatic carbocycles. The lowest BCUT2D eigenvalue weighted by Gasteiger charge is -2.33. The summed E-state index contributed by atoms with van der Waals surface area (Å²) < 4.78 is 37.0. The summed E-state index contributed by atoms with van der Waals surface area (Å²) in [5, 5.41) is 0. The van der Waals surface area contributed by atoms with Gasteiger partial charge in [0, 0.05) is 26.8 Å². The lowest BCUT2D eigenvalue weighted by molar-refractivity contribution is 0.0550. The monoisotopic (exact) mass is 291 g/mol. The molecule has 2 aliphatic rings. The van der Waals surface area contributed by atoms with Crippen molar-refractivity contribution in [1.82, 2.24) is 4.31 Å². The molecule has 0 spiro atoms. The molecule has 0 aromatic rings. The number of hydrogen-bond donors (Lipinski definition) is 0. The smallest absolute Gasteiger partial charge is 0.216 e. The molecule has 0 radical (unpaired) electrons. The molecule has 1 atom stereocenters. The van der Waals surface area contributed by atoms with Gasteiger partial charge in [-0.05, 0) is 38.5 Å². The molecule has 2 rings (SSSR count). The highest BCUT2D eigenvalue weighted by molar-refractivity contribution is 7.89. The molecule has 19 heavy (non-hydrogen) atoms. The second-order valence-electron chi connectivity index (χ2n) is 5.60. The highest BCUT2D eigenvalue weighted by Gasteiger charge is 2.33. The zero-order valence-electron chi connectivity index (χ0n) is 11.9. The van der Waals surface area contributed by atoms with Gasteiger partial charge in [-0.3, -0.25) is 0 Å². The largest absolute Gasteiger partial charge is 0.381 e. The molecular weight excluding hydrogens is 266 g/mol. The van der Waals surface area contributed by atoms with Crippen LogP contribution in [0.15, 0.2) is 0 Å². The van der Waals surface area contributed by atoms with E-state index in [1.807, 2.05) is 0 Å². The maximum Gasteiger partial charge on any atom is 0.216 e. The third-order valence-electron chi connectivity index (χ3n) is 4.35. The summed E-state index contributed by atoms with van der Waals surface area (Å²) in [7, 11) is 0.235. The lowest BCUT2D eigenvalue weighted by atomic mass is 9.93. The molecule has 2 fully saturated rings. The third-order valence-corrected chi connectivity index (χ3v) is 6.32. The molecule has 1 saturated heterocycles. The standard InChI is InChI=1S/C13H25NO4S/c1-14(11-5-7-12(17-2)8-6-11)19(15,16)10-13-4-3-9-18-13/h11-13H,3-10H2,1-2H3. The van der Waals surface area contributed by atoms with Gasteiger partial charge in [0.2, 0.25) is 10.0 Å². The average Bonchev–Trinajstić information content (AvgIpc) is 2.90. The minimum absolute atomic E-state index is 0.109. The lowest BCUT2D eigenvalue weighted by Crippen LogP contribution is -2.43. The zero-order valence-corrected chi connectivity index (χ0v) is 12.7. The summed E-state index contributed by atoms with van der Waals surface area (Å²) in [4.78, 5) is 0. The van der Waals surface area contributed by atoms with E-state index in [9.17, 15) is 8.42 Å². The van der Waals surface area contributed by atoms with Crippen LogP contribution in [0.1, 0.15) is 38.5 Å². The Kier molecular flexibility index (Phi) is 5.22. The molecule has 0 amide bonds. The van der Waals surface area contributed by atoms with E-state index >= 15 is 0 Å². The van der Waals surface area contributed by atoms with Gasteiger partial charge in [-0.2, -0.15) is 0 Å². The van der Waals surface area contributed by atoms with Gasteiger partial charge in [-0.15, -0.1) is 0 Å².